The van der Waals surface area contributed by atoms with E-state index in [0.717, 1.165) is 12.1 Å². The first-order chi connectivity index (χ1) is 12.9. The number of aromatic nitrogens is 2. The van der Waals surface area contributed by atoms with E-state index in [1.807, 2.05) is 29.2 Å². The lowest BCUT2D eigenvalue weighted by Gasteiger charge is -2.36. The van der Waals surface area contributed by atoms with Gasteiger partial charge in [0.15, 0.2) is 0 Å². The fourth-order valence-corrected chi connectivity index (χ4v) is 3.73. The summed E-state index contributed by atoms with van der Waals surface area (Å²) in [6.45, 7) is 5.57. The molecule has 0 radical (unpaired) electrons. The minimum Gasteiger partial charge on any atom is -0.333 e. The summed E-state index contributed by atoms with van der Waals surface area (Å²) in [6.07, 6.45) is 0.232. The van der Waals surface area contributed by atoms with E-state index in [4.69, 9.17) is 11.6 Å². The molecule has 1 saturated heterocycles. The van der Waals surface area contributed by atoms with E-state index in [0.29, 0.717) is 36.0 Å². The Morgan fingerprint density at radius 1 is 1.44 bits per heavy atom. The number of piperazine rings is 1. The number of benzene rings is 1. The summed E-state index contributed by atoms with van der Waals surface area (Å²) < 4.78 is 1.54. The molecular weight excluding hydrogens is 370 g/mol. The molecule has 0 spiro atoms. The van der Waals surface area contributed by atoms with Crippen molar-refractivity contribution < 1.29 is 9.72 Å². The third-order valence-corrected chi connectivity index (χ3v) is 5.10. The van der Waals surface area contributed by atoms with Crippen molar-refractivity contribution in [3.8, 4) is 0 Å². The summed E-state index contributed by atoms with van der Waals surface area (Å²) in [5.74, 6) is -0.00307. The smallest absolute Gasteiger partial charge is 0.312 e. The second-order valence-electron chi connectivity index (χ2n) is 6.61. The van der Waals surface area contributed by atoms with E-state index in [1.54, 1.807) is 18.5 Å². The van der Waals surface area contributed by atoms with Crippen molar-refractivity contribution >= 4 is 23.2 Å². The zero-order valence-corrected chi connectivity index (χ0v) is 16.1. The molecular formula is C18H22ClN5O3. The van der Waals surface area contributed by atoms with Crippen LogP contribution in [0.25, 0.3) is 0 Å². The zero-order chi connectivity index (χ0) is 19.6. The molecule has 3 rings (SSSR count). The van der Waals surface area contributed by atoms with Crippen LogP contribution in [0, 0.1) is 24.0 Å². The van der Waals surface area contributed by atoms with Crippen LogP contribution in [-0.2, 0) is 11.3 Å². The van der Waals surface area contributed by atoms with Gasteiger partial charge in [0, 0.05) is 31.1 Å². The predicted molar refractivity (Wildman–Crippen MR) is 102 cm³/mol. The molecule has 1 N–H and O–H groups in total. The molecule has 1 atom stereocenters. The van der Waals surface area contributed by atoms with Gasteiger partial charge in [0.1, 0.15) is 11.4 Å². The minimum atomic E-state index is -0.429. The van der Waals surface area contributed by atoms with Crippen LogP contribution in [0.15, 0.2) is 24.3 Å². The monoisotopic (exact) mass is 391 g/mol. The fourth-order valence-electron chi connectivity index (χ4n) is 3.53. The number of hydrogen-bond donors (Lipinski definition) is 1. The van der Waals surface area contributed by atoms with E-state index < -0.39 is 4.92 Å². The topological polar surface area (TPSA) is 93.3 Å². The van der Waals surface area contributed by atoms with Crippen molar-refractivity contribution in [2.45, 2.75) is 32.9 Å². The van der Waals surface area contributed by atoms with Crippen LogP contribution in [0.2, 0.25) is 5.02 Å². The van der Waals surface area contributed by atoms with Gasteiger partial charge in [0.25, 0.3) is 0 Å². The summed E-state index contributed by atoms with van der Waals surface area (Å²) in [5.41, 5.74) is 1.84. The maximum absolute atomic E-state index is 12.9. The van der Waals surface area contributed by atoms with Gasteiger partial charge in [-0.15, -0.1) is 0 Å². The zero-order valence-electron chi connectivity index (χ0n) is 15.3. The molecule has 1 aromatic heterocycles. The molecule has 1 aliphatic rings. The average Bonchev–Trinajstić information content (AvgIpc) is 2.93. The largest absolute Gasteiger partial charge is 0.333 e. The lowest BCUT2D eigenvalue weighted by molar-refractivity contribution is -0.386. The summed E-state index contributed by atoms with van der Waals surface area (Å²) in [6, 6.07) is 7.45. The van der Waals surface area contributed by atoms with E-state index in [2.05, 4.69) is 10.4 Å². The highest BCUT2D eigenvalue weighted by Crippen LogP contribution is 2.26. The summed E-state index contributed by atoms with van der Waals surface area (Å²) >= 11 is 6.10. The normalized spacial score (nSPS) is 17.1. The third-order valence-electron chi connectivity index (χ3n) is 4.86. The summed E-state index contributed by atoms with van der Waals surface area (Å²) in [7, 11) is 0. The number of aryl methyl sites for hydroxylation is 2. The quantitative estimate of drug-likeness (QED) is 0.624. The number of nitrogens with one attached hydrogen (secondary N) is 1. The summed E-state index contributed by atoms with van der Waals surface area (Å²) in [5, 5.41) is 19.3. The van der Waals surface area contributed by atoms with Crippen LogP contribution in [-0.4, -0.2) is 45.1 Å². The highest BCUT2D eigenvalue weighted by atomic mass is 35.5. The van der Waals surface area contributed by atoms with Crippen LogP contribution in [0.5, 0.6) is 0 Å². The van der Waals surface area contributed by atoms with E-state index in [1.165, 1.54) is 0 Å². The molecule has 9 heteroatoms. The number of amides is 1. The lowest BCUT2D eigenvalue weighted by atomic mass is 10.0. The molecule has 1 aromatic carbocycles. The van der Waals surface area contributed by atoms with Crippen molar-refractivity contribution in [1.82, 2.24) is 20.0 Å². The van der Waals surface area contributed by atoms with E-state index in [-0.39, 0.29) is 24.1 Å². The third kappa shape index (κ3) is 4.12. The standard InChI is InChI=1S/C18H22ClN5O3/c1-12-18(24(26)27)13(2)23(21-12)8-6-17(25)22-9-7-20-11-16(22)14-4-3-5-15(19)10-14/h3-5,10,16,20H,6-9,11H2,1-2H3. The second-order valence-corrected chi connectivity index (χ2v) is 7.05. The van der Waals surface area contributed by atoms with E-state index in [9.17, 15) is 14.9 Å². The molecule has 1 aliphatic heterocycles. The number of hydrogen-bond acceptors (Lipinski definition) is 5. The molecule has 1 unspecified atom stereocenters. The van der Waals surface area contributed by atoms with Gasteiger partial charge >= 0.3 is 5.69 Å². The minimum absolute atomic E-state index is 0.00307. The highest BCUT2D eigenvalue weighted by Gasteiger charge is 2.28. The number of carbonyl (C=O) groups is 1. The summed E-state index contributed by atoms with van der Waals surface area (Å²) in [4.78, 5) is 25.4. The number of nitrogens with zero attached hydrogens (tertiary/aromatic N) is 4. The fraction of sp³-hybridized carbons (Fsp3) is 0.444. The second kappa shape index (κ2) is 8.06. The predicted octanol–water partition coefficient (Wildman–Crippen LogP) is 2.62. The van der Waals surface area contributed by atoms with Crippen molar-refractivity contribution in [3.05, 3.63) is 56.4 Å². The van der Waals surface area contributed by atoms with Crippen LogP contribution in [0.3, 0.4) is 0 Å². The molecule has 144 valence electrons. The molecule has 8 nitrogen and oxygen atoms in total. The molecule has 0 saturated carbocycles. The Hall–Kier alpha value is -2.45. The van der Waals surface area contributed by atoms with Crippen LogP contribution in [0.1, 0.15) is 29.4 Å². The SMILES string of the molecule is Cc1nn(CCC(=O)N2CCNCC2c2cccc(Cl)c2)c(C)c1[N+](=O)[O-]. The van der Waals surface area contributed by atoms with Crippen LogP contribution >= 0.6 is 11.6 Å². The molecule has 2 heterocycles. The first-order valence-electron chi connectivity index (χ1n) is 8.82. The Labute approximate surface area is 162 Å². The number of halogens is 1. The average molecular weight is 392 g/mol. The van der Waals surface area contributed by atoms with Crippen molar-refractivity contribution in [2.75, 3.05) is 19.6 Å². The Balaban J connectivity index is 1.73. The van der Waals surface area contributed by atoms with Crippen molar-refractivity contribution in [2.24, 2.45) is 0 Å². The molecule has 2 aromatic rings. The van der Waals surface area contributed by atoms with E-state index >= 15 is 0 Å². The van der Waals surface area contributed by atoms with Crippen LogP contribution in [0.4, 0.5) is 5.69 Å². The van der Waals surface area contributed by atoms with Gasteiger partial charge in [0.05, 0.1) is 17.5 Å². The Kier molecular flexibility index (Phi) is 5.76. The number of nitro groups is 1. The van der Waals surface area contributed by atoms with Gasteiger partial charge in [-0.1, -0.05) is 23.7 Å². The Morgan fingerprint density at radius 3 is 2.89 bits per heavy atom. The van der Waals surface area contributed by atoms with Crippen molar-refractivity contribution in [1.29, 1.82) is 0 Å². The maximum atomic E-state index is 12.9. The molecule has 27 heavy (non-hydrogen) atoms. The maximum Gasteiger partial charge on any atom is 0.312 e. The number of carbonyl (C=O) groups excluding carboxylic acids is 1. The highest BCUT2D eigenvalue weighted by molar-refractivity contribution is 6.30. The lowest BCUT2D eigenvalue weighted by Crippen LogP contribution is -2.48. The first kappa shape index (κ1) is 19.3. The van der Waals surface area contributed by atoms with Gasteiger partial charge in [-0.25, -0.2) is 0 Å². The van der Waals surface area contributed by atoms with Gasteiger partial charge in [0.2, 0.25) is 5.91 Å². The van der Waals surface area contributed by atoms with Gasteiger partial charge in [-0.05, 0) is 31.5 Å². The molecule has 0 bridgehead atoms. The molecule has 1 fully saturated rings. The first-order valence-corrected chi connectivity index (χ1v) is 9.20. The van der Waals surface area contributed by atoms with Gasteiger partial charge in [-0.2, -0.15) is 5.10 Å². The van der Waals surface area contributed by atoms with Gasteiger partial charge < -0.3 is 10.2 Å². The number of rotatable bonds is 5. The van der Waals surface area contributed by atoms with Gasteiger partial charge in [-0.3, -0.25) is 19.6 Å². The van der Waals surface area contributed by atoms with Crippen molar-refractivity contribution in [3.63, 3.8) is 0 Å². The molecule has 0 aliphatic carbocycles. The van der Waals surface area contributed by atoms with Crippen LogP contribution < -0.4 is 5.32 Å². The molecule has 1 amide bonds. The Bertz CT molecular complexity index is 867. The Morgan fingerprint density at radius 2 is 2.22 bits per heavy atom.